The molecule has 1 aromatic heterocycles. The minimum Gasteiger partial charge on any atom is -0.265 e. The van der Waals surface area contributed by atoms with Crippen molar-refractivity contribution in [2.75, 3.05) is 6.67 Å². The first-order chi connectivity index (χ1) is 5.90. The monoisotopic (exact) mass is 158 g/mol. The molecule has 1 aromatic rings. The van der Waals surface area contributed by atoms with Crippen LogP contribution < -0.4 is 10.7 Å². The molecule has 0 fully saturated rings. The van der Waals surface area contributed by atoms with Gasteiger partial charge in [0.2, 0.25) is 0 Å². The summed E-state index contributed by atoms with van der Waals surface area (Å²) in [6.07, 6.45) is 5.44. The molecule has 1 aliphatic rings. The summed E-state index contributed by atoms with van der Waals surface area (Å²) in [5.41, 5.74) is 0.712. The van der Waals surface area contributed by atoms with E-state index in [0.29, 0.717) is 12.2 Å². The third-order valence-electron chi connectivity index (χ3n) is 1.61. The van der Waals surface area contributed by atoms with Crippen molar-refractivity contribution in [3.63, 3.8) is 0 Å². The molecule has 0 unspecified atom stereocenters. The van der Waals surface area contributed by atoms with Gasteiger partial charge in [-0.25, -0.2) is 9.98 Å². The van der Waals surface area contributed by atoms with Crippen LogP contribution >= 0.6 is 0 Å². The molecular formula is C8H6N4. The average Bonchev–Trinajstić information content (AvgIpc) is 2.17. The van der Waals surface area contributed by atoms with Crippen molar-refractivity contribution in [2.24, 2.45) is 4.99 Å². The van der Waals surface area contributed by atoms with Gasteiger partial charge in [-0.3, -0.25) is 4.90 Å². The first kappa shape index (κ1) is 6.80. The van der Waals surface area contributed by atoms with E-state index in [1.54, 1.807) is 12.4 Å². The van der Waals surface area contributed by atoms with Crippen LogP contribution in [0.2, 0.25) is 0 Å². The Bertz CT molecular complexity index is 443. The van der Waals surface area contributed by atoms with E-state index in [2.05, 4.69) is 9.98 Å². The molecule has 0 aliphatic carbocycles. The highest BCUT2D eigenvalue weighted by Gasteiger charge is 2.00. The molecule has 0 saturated heterocycles. The summed E-state index contributed by atoms with van der Waals surface area (Å²) in [4.78, 5) is 9.62. The number of rotatable bonds is 0. The Kier molecular flexibility index (Phi) is 1.49. The van der Waals surface area contributed by atoms with Gasteiger partial charge in [-0.1, -0.05) is 0 Å². The van der Waals surface area contributed by atoms with Crippen molar-refractivity contribution in [2.45, 2.75) is 0 Å². The van der Waals surface area contributed by atoms with E-state index in [4.69, 9.17) is 5.26 Å². The zero-order valence-corrected chi connectivity index (χ0v) is 6.31. The predicted octanol–water partition coefficient (Wildman–Crippen LogP) is -0.807. The SMILES string of the molecule is N#CN1C=c2cccnc2=NC1. The number of nitriles is 1. The molecule has 4 nitrogen and oxygen atoms in total. The standard InChI is InChI=1S/C8H6N4/c9-5-12-4-7-2-1-3-10-8(7)11-6-12/h1-4H,6H2. The molecule has 0 bridgehead atoms. The Morgan fingerprint density at radius 2 is 2.50 bits per heavy atom. The van der Waals surface area contributed by atoms with Crippen LogP contribution in [0.1, 0.15) is 0 Å². The summed E-state index contributed by atoms with van der Waals surface area (Å²) in [6, 6.07) is 3.71. The normalized spacial score (nSPS) is 13.8. The average molecular weight is 158 g/mol. The number of hydrogen-bond acceptors (Lipinski definition) is 4. The third kappa shape index (κ3) is 1.01. The third-order valence-corrected chi connectivity index (χ3v) is 1.61. The number of pyridine rings is 1. The van der Waals surface area contributed by atoms with Crippen LogP contribution in [0.15, 0.2) is 23.3 Å². The van der Waals surface area contributed by atoms with Crippen LogP contribution in [0.3, 0.4) is 0 Å². The van der Waals surface area contributed by atoms with E-state index in [1.165, 1.54) is 4.90 Å². The van der Waals surface area contributed by atoms with E-state index in [-0.39, 0.29) is 0 Å². The summed E-state index contributed by atoms with van der Waals surface area (Å²) < 4.78 is 0. The molecule has 0 spiro atoms. The lowest BCUT2D eigenvalue weighted by Gasteiger charge is -2.08. The summed E-state index contributed by atoms with van der Waals surface area (Å²) >= 11 is 0. The molecule has 0 atom stereocenters. The fourth-order valence-corrected chi connectivity index (χ4v) is 1.05. The Hall–Kier alpha value is -1.89. The number of hydrogen-bond donors (Lipinski definition) is 0. The fraction of sp³-hybridized carbons (Fsp3) is 0.125. The largest absolute Gasteiger partial charge is 0.265 e. The van der Waals surface area contributed by atoms with Crippen LogP contribution in [0.4, 0.5) is 0 Å². The maximum Gasteiger partial charge on any atom is 0.185 e. The molecule has 2 heterocycles. The molecule has 58 valence electrons. The van der Waals surface area contributed by atoms with Gasteiger partial charge in [0.15, 0.2) is 11.7 Å². The summed E-state index contributed by atoms with van der Waals surface area (Å²) in [5.74, 6) is 0. The molecule has 0 N–H and O–H groups in total. The Balaban J connectivity index is 2.65. The molecular weight excluding hydrogens is 152 g/mol. The smallest absolute Gasteiger partial charge is 0.185 e. The van der Waals surface area contributed by atoms with Gasteiger partial charge >= 0.3 is 0 Å². The van der Waals surface area contributed by atoms with Crippen molar-refractivity contribution in [3.8, 4) is 6.19 Å². The number of fused-ring (bicyclic) bond motifs is 1. The molecule has 0 aromatic carbocycles. The van der Waals surface area contributed by atoms with Crippen LogP contribution in [0.5, 0.6) is 0 Å². The Morgan fingerprint density at radius 1 is 1.58 bits per heavy atom. The highest BCUT2D eigenvalue weighted by molar-refractivity contribution is 5.24. The van der Waals surface area contributed by atoms with Crippen molar-refractivity contribution in [1.29, 1.82) is 5.26 Å². The van der Waals surface area contributed by atoms with Gasteiger partial charge in [-0.05, 0) is 12.1 Å². The van der Waals surface area contributed by atoms with Crippen LogP contribution in [-0.4, -0.2) is 16.6 Å². The van der Waals surface area contributed by atoms with Gasteiger partial charge in [0.25, 0.3) is 0 Å². The van der Waals surface area contributed by atoms with Crippen molar-refractivity contribution >= 4 is 6.20 Å². The number of aromatic nitrogens is 1. The zero-order chi connectivity index (χ0) is 8.39. The molecule has 12 heavy (non-hydrogen) atoms. The van der Waals surface area contributed by atoms with E-state index >= 15 is 0 Å². The molecule has 0 radical (unpaired) electrons. The molecule has 1 aliphatic heterocycles. The molecule has 2 rings (SSSR count). The maximum atomic E-state index is 8.58. The lowest BCUT2D eigenvalue weighted by atomic mass is 10.4. The van der Waals surface area contributed by atoms with E-state index in [1.807, 2.05) is 18.3 Å². The fourth-order valence-electron chi connectivity index (χ4n) is 1.05. The molecule has 4 heteroatoms. The van der Waals surface area contributed by atoms with Crippen molar-refractivity contribution in [3.05, 3.63) is 29.0 Å². The maximum absolute atomic E-state index is 8.58. The molecule has 0 saturated carbocycles. The van der Waals surface area contributed by atoms with Gasteiger partial charge in [0.05, 0.1) is 0 Å². The van der Waals surface area contributed by atoms with Crippen LogP contribution in [0.25, 0.3) is 6.20 Å². The van der Waals surface area contributed by atoms with Crippen molar-refractivity contribution < 1.29 is 0 Å². The first-order valence-electron chi connectivity index (χ1n) is 3.54. The summed E-state index contributed by atoms with van der Waals surface area (Å²) in [7, 11) is 0. The van der Waals surface area contributed by atoms with E-state index < -0.39 is 0 Å². The Morgan fingerprint density at radius 3 is 3.33 bits per heavy atom. The lowest BCUT2D eigenvalue weighted by molar-refractivity contribution is 0.561. The van der Waals surface area contributed by atoms with E-state index in [9.17, 15) is 0 Å². The minimum absolute atomic E-state index is 0.376. The van der Waals surface area contributed by atoms with Gasteiger partial charge in [-0.2, -0.15) is 5.26 Å². The van der Waals surface area contributed by atoms with Crippen LogP contribution in [0, 0.1) is 11.5 Å². The summed E-state index contributed by atoms with van der Waals surface area (Å²) in [6.45, 7) is 0.376. The zero-order valence-electron chi connectivity index (χ0n) is 6.31. The second-order valence-corrected chi connectivity index (χ2v) is 2.41. The van der Waals surface area contributed by atoms with Gasteiger partial charge in [0.1, 0.15) is 6.67 Å². The number of nitrogens with zero attached hydrogens (tertiary/aromatic N) is 4. The van der Waals surface area contributed by atoms with Crippen molar-refractivity contribution in [1.82, 2.24) is 9.88 Å². The topological polar surface area (TPSA) is 52.3 Å². The van der Waals surface area contributed by atoms with Gasteiger partial charge < -0.3 is 0 Å². The molecule has 0 amide bonds. The van der Waals surface area contributed by atoms with E-state index in [0.717, 1.165) is 5.22 Å². The highest BCUT2D eigenvalue weighted by Crippen LogP contribution is 1.87. The Labute approximate surface area is 69.1 Å². The van der Waals surface area contributed by atoms with Gasteiger partial charge in [-0.15, -0.1) is 0 Å². The first-order valence-corrected chi connectivity index (χ1v) is 3.54. The second kappa shape index (κ2) is 2.62. The van der Waals surface area contributed by atoms with Crippen LogP contribution in [-0.2, 0) is 0 Å². The highest BCUT2D eigenvalue weighted by atomic mass is 15.2. The minimum atomic E-state index is 0.376. The second-order valence-electron chi connectivity index (χ2n) is 2.41. The lowest BCUT2D eigenvalue weighted by Crippen LogP contribution is -2.35. The quantitative estimate of drug-likeness (QED) is 0.464. The van der Waals surface area contributed by atoms with Gasteiger partial charge in [0, 0.05) is 17.6 Å². The summed E-state index contributed by atoms with van der Waals surface area (Å²) in [5, 5.41) is 9.47. The predicted molar refractivity (Wildman–Crippen MR) is 41.8 cm³/mol.